The van der Waals surface area contributed by atoms with Gasteiger partial charge in [-0.1, -0.05) is 0 Å². The SMILES string of the molecule is Cn1cccc1CNCCc1nccs1. The van der Waals surface area contributed by atoms with Gasteiger partial charge in [-0.05, 0) is 12.1 Å². The van der Waals surface area contributed by atoms with E-state index in [1.165, 1.54) is 10.7 Å². The van der Waals surface area contributed by atoms with Crippen molar-refractivity contribution in [3.63, 3.8) is 0 Å². The Morgan fingerprint density at radius 1 is 1.53 bits per heavy atom. The third kappa shape index (κ3) is 2.91. The molecule has 0 aliphatic carbocycles. The molecule has 1 N–H and O–H groups in total. The van der Waals surface area contributed by atoms with Crippen LogP contribution in [-0.2, 0) is 20.0 Å². The van der Waals surface area contributed by atoms with Crippen LogP contribution in [0.2, 0.25) is 0 Å². The first kappa shape index (κ1) is 10.4. The van der Waals surface area contributed by atoms with E-state index >= 15 is 0 Å². The minimum atomic E-state index is 0.925. The number of rotatable bonds is 5. The van der Waals surface area contributed by atoms with E-state index in [1.54, 1.807) is 11.3 Å². The van der Waals surface area contributed by atoms with Crippen LogP contribution in [0.25, 0.3) is 0 Å². The van der Waals surface area contributed by atoms with Crippen molar-refractivity contribution in [3.05, 3.63) is 40.6 Å². The lowest BCUT2D eigenvalue weighted by Gasteiger charge is -2.04. The highest BCUT2D eigenvalue weighted by molar-refractivity contribution is 7.09. The monoisotopic (exact) mass is 221 g/mol. The number of aryl methyl sites for hydroxylation is 1. The number of nitrogens with zero attached hydrogens (tertiary/aromatic N) is 2. The van der Waals surface area contributed by atoms with Gasteiger partial charge in [0, 0.05) is 50.0 Å². The van der Waals surface area contributed by atoms with Crippen LogP contribution in [0.3, 0.4) is 0 Å². The first-order chi connectivity index (χ1) is 7.36. The molecule has 4 heteroatoms. The molecular weight excluding hydrogens is 206 g/mol. The first-order valence-corrected chi connectivity index (χ1v) is 5.93. The summed E-state index contributed by atoms with van der Waals surface area (Å²) in [6.07, 6.45) is 4.94. The van der Waals surface area contributed by atoms with Crippen LogP contribution < -0.4 is 5.32 Å². The third-order valence-electron chi connectivity index (χ3n) is 2.36. The molecule has 0 aromatic carbocycles. The highest BCUT2D eigenvalue weighted by atomic mass is 32.1. The van der Waals surface area contributed by atoms with Crippen LogP contribution in [0.1, 0.15) is 10.7 Å². The fourth-order valence-corrected chi connectivity index (χ4v) is 2.09. The van der Waals surface area contributed by atoms with Crippen LogP contribution in [0.4, 0.5) is 0 Å². The summed E-state index contributed by atoms with van der Waals surface area (Å²) in [7, 11) is 2.07. The molecule has 0 spiro atoms. The Labute approximate surface area is 93.8 Å². The second-order valence-corrected chi connectivity index (χ2v) is 4.44. The molecule has 0 radical (unpaired) electrons. The molecule has 80 valence electrons. The molecule has 0 unspecified atom stereocenters. The van der Waals surface area contributed by atoms with Gasteiger partial charge in [-0.3, -0.25) is 0 Å². The average Bonchev–Trinajstić information content (AvgIpc) is 2.85. The van der Waals surface area contributed by atoms with E-state index in [2.05, 4.69) is 40.2 Å². The molecule has 0 aliphatic rings. The normalized spacial score (nSPS) is 10.7. The minimum absolute atomic E-state index is 0.925. The zero-order valence-corrected chi connectivity index (χ0v) is 9.63. The van der Waals surface area contributed by atoms with Gasteiger partial charge in [0.25, 0.3) is 0 Å². The molecule has 15 heavy (non-hydrogen) atoms. The number of hydrogen-bond donors (Lipinski definition) is 1. The Kier molecular flexibility index (Phi) is 3.53. The number of thiazole rings is 1. The van der Waals surface area contributed by atoms with Crippen molar-refractivity contribution < 1.29 is 0 Å². The topological polar surface area (TPSA) is 29.9 Å². The van der Waals surface area contributed by atoms with Crippen molar-refractivity contribution in [2.45, 2.75) is 13.0 Å². The van der Waals surface area contributed by atoms with Gasteiger partial charge in [-0.2, -0.15) is 0 Å². The van der Waals surface area contributed by atoms with Crippen LogP contribution in [-0.4, -0.2) is 16.1 Å². The van der Waals surface area contributed by atoms with E-state index in [4.69, 9.17) is 0 Å². The molecule has 2 rings (SSSR count). The van der Waals surface area contributed by atoms with Gasteiger partial charge < -0.3 is 9.88 Å². The highest BCUT2D eigenvalue weighted by Crippen LogP contribution is 2.04. The maximum absolute atomic E-state index is 4.24. The average molecular weight is 221 g/mol. The van der Waals surface area contributed by atoms with Gasteiger partial charge in [-0.25, -0.2) is 4.98 Å². The lowest BCUT2D eigenvalue weighted by molar-refractivity contribution is 0.652. The van der Waals surface area contributed by atoms with Gasteiger partial charge in [0.15, 0.2) is 0 Å². The summed E-state index contributed by atoms with van der Waals surface area (Å²) in [5.41, 5.74) is 1.31. The van der Waals surface area contributed by atoms with Crippen molar-refractivity contribution >= 4 is 11.3 Å². The van der Waals surface area contributed by atoms with Crippen molar-refractivity contribution in [2.24, 2.45) is 7.05 Å². The lowest BCUT2D eigenvalue weighted by atomic mass is 10.4. The van der Waals surface area contributed by atoms with Crippen molar-refractivity contribution in [1.29, 1.82) is 0 Å². The molecule has 0 saturated heterocycles. The van der Waals surface area contributed by atoms with Gasteiger partial charge in [-0.15, -0.1) is 11.3 Å². The maximum atomic E-state index is 4.24. The van der Waals surface area contributed by atoms with Crippen molar-refractivity contribution in [3.8, 4) is 0 Å². The molecule has 3 nitrogen and oxygen atoms in total. The van der Waals surface area contributed by atoms with E-state index in [0.29, 0.717) is 0 Å². The quantitative estimate of drug-likeness (QED) is 0.780. The molecular formula is C11H15N3S. The fourth-order valence-electron chi connectivity index (χ4n) is 1.47. The second kappa shape index (κ2) is 5.09. The molecule has 0 aliphatic heterocycles. The van der Waals surface area contributed by atoms with Gasteiger partial charge in [0.2, 0.25) is 0 Å². The van der Waals surface area contributed by atoms with Crippen LogP contribution in [0.5, 0.6) is 0 Å². The van der Waals surface area contributed by atoms with Gasteiger partial charge >= 0.3 is 0 Å². The van der Waals surface area contributed by atoms with Crippen molar-refractivity contribution in [2.75, 3.05) is 6.54 Å². The summed E-state index contributed by atoms with van der Waals surface area (Å²) < 4.78 is 2.14. The molecule has 2 heterocycles. The van der Waals surface area contributed by atoms with Crippen LogP contribution >= 0.6 is 11.3 Å². The minimum Gasteiger partial charge on any atom is -0.353 e. The predicted molar refractivity (Wildman–Crippen MR) is 62.9 cm³/mol. The Morgan fingerprint density at radius 3 is 3.13 bits per heavy atom. The molecule has 0 amide bonds. The van der Waals surface area contributed by atoms with E-state index in [9.17, 15) is 0 Å². The predicted octanol–water partition coefficient (Wildman–Crippen LogP) is 1.81. The molecule has 2 aromatic heterocycles. The van der Waals surface area contributed by atoms with Crippen molar-refractivity contribution in [1.82, 2.24) is 14.9 Å². The molecule has 0 saturated carbocycles. The summed E-state index contributed by atoms with van der Waals surface area (Å²) in [5, 5.41) is 6.64. The fraction of sp³-hybridized carbons (Fsp3) is 0.364. The first-order valence-electron chi connectivity index (χ1n) is 5.05. The molecule has 0 fully saturated rings. The smallest absolute Gasteiger partial charge is 0.0937 e. The van der Waals surface area contributed by atoms with Gasteiger partial charge in [0.1, 0.15) is 0 Å². The third-order valence-corrected chi connectivity index (χ3v) is 3.20. The summed E-state index contributed by atoms with van der Waals surface area (Å²) in [4.78, 5) is 4.24. The van der Waals surface area contributed by atoms with Gasteiger partial charge in [0.05, 0.1) is 5.01 Å². The summed E-state index contributed by atoms with van der Waals surface area (Å²) >= 11 is 1.72. The molecule has 0 atom stereocenters. The summed E-state index contributed by atoms with van der Waals surface area (Å²) in [5.74, 6) is 0. The second-order valence-electron chi connectivity index (χ2n) is 3.46. The Morgan fingerprint density at radius 2 is 2.47 bits per heavy atom. The standard InChI is InChI=1S/C11H15N3S/c1-14-7-2-3-10(14)9-12-5-4-11-13-6-8-15-11/h2-3,6-8,12H,4-5,9H2,1H3. The van der Waals surface area contributed by atoms with E-state index in [1.807, 2.05) is 11.6 Å². The summed E-state index contributed by atoms with van der Waals surface area (Å²) in [6.45, 7) is 1.91. The lowest BCUT2D eigenvalue weighted by Crippen LogP contribution is -2.18. The van der Waals surface area contributed by atoms with Crippen LogP contribution in [0.15, 0.2) is 29.9 Å². The number of hydrogen-bond acceptors (Lipinski definition) is 3. The van der Waals surface area contributed by atoms with Crippen LogP contribution in [0, 0.1) is 0 Å². The zero-order chi connectivity index (χ0) is 10.5. The Hall–Kier alpha value is -1.13. The number of aromatic nitrogens is 2. The zero-order valence-electron chi connectivity index (χ0n) is 8.81. The highest BCUT2D eigenvalue weighted by Gasteiger charge is 1.97. The number of nitrogens with one attached hydrogen (secondary N) is 1. The Balaban J connectivity index is 1.70. The van der Waals surface area contributed by atoms with E-state index in [-0.39, 0.29) is 0 Å². The Bertz CT molecular complexity index is 392. The molecule has 0 bridgehead atoms. The summed E-state index contributed by atoms with van der Waals surface area (Å²) in [6, 6.07) is 4.20. The van der Waals surface area contributed by atoms with E-state index in [0.717, 1.165) is 19.5 Å². The van der Waals surface area contributed by atoms with E-state index < -0.39 is 0 Å². The maximum Gasteiger partial charge on any atom is 0.0937 e. The molecule has 2 aromatic rings. The largest absolute Gasteiger partial charge is 0.353 e.